The summed E-state index contributed by atoms with van der Waals surface area (Å²) in [6.45, 7) is 2.38. The average molecular weight is 262 g/mol. The van der Waals surface area contributed by atoms with Crippen LogP contribution >= 0.6 is 0 Å². The highest BCUT2D eigenvalue weighted by atomic mass is 16.4. The molecule has 6 unspecified atom stereocenters. The summed E-state index contributed by atoms with van der Waals surface area (Å²) >= 11 is 0. The summed E-state index contributed by atoms with van der Waals surface area (Å²) in [7, 11) is 0. The van der Waals surface area contributed by atoms with E-state index in [1.807, 2.05) is 0 Å². The zero-order valence-corrected chi connectivity index (χ0v) is 12.0. The number of fused-ring (bicyclic) bond motifs is 1. The van der Waals surface area contributed by atoms with Gasteiger partial charge in [-0.15, -0.1) is 0 Å². The van der Waals surface area contributed by atoms with Crippen LogP contribution in [0, 0.1) is 34.5 Å². The molecule has 0 amide bonds. The summed E-state index contributed by atoms with van der Waals surface area (Å²) in [6.07, 6.45) is 11.0. The highest BCUT2D eigenvalue weighted by Gasteiger charge is 2.74. The van der Waals surface area contributed by atoms with E-state index in [1.165, 1.54) is 44.9 Å². The molecule has 0 aromatic rings. The van der Waals surface area contributed by atoms with Gasteiger partial charge in [-0.25, -0.2) is 0 Å². The third-order valence-corrected chi connectivity index (χ3v) is 7.73. The van der Waals surface area contributed by atoms with E-state index >= 15 is 0 Å². The summed E-state index contributed by atoms with van der Waals surface area (Å²) in [5.41, 5.74) is -0.133. The maximum atomic E-state index is 12.2. The number of carboxylic acids is 1. The Balaban J connectivity index is 1.85. The number of hydrogen-bond donors (Lipinski definition) is 1. The van der Waals surface area contributed by atoms with Crippen molar-refractivity contribution in [3.05, 3.63) is 0 Å². The molecule has 4 rings (SSSR count). The molecule has 106 valence electrons. The first-order chi connectivity index (χ1) is 9.12. The van der Waals surface area contributed by atoms with Gasteiger partial charge in [0.15, 0.2) is 0 Å². The molecule has 2 heteroatoms. The molecule has 4 aliphatic carbocycles. The van der Waals surface area contributed by atoms with Gasteiger partial charge in [-0.05, 0) is 67.6 Å². The van der Waals surface area contributed by atoms with Crippen LogP contribution in [0.4, 0.5) is 0 Å². The van der Waals surface area contributed by atoms with Crippen molar-refractivity contribution in [3.8, 4) is 0 Å². The van der Waals surface area contributed by atoms with Crippen LogP contribution in [0.3, 0.4) is 0 Å². The first kappa shape index (κ1) is 12.2. The fraction of sp³-hybridized carbons (Fsp3) is 0.941. The van der Waals surface area contributed by atoms with Crippen molar-refractivity contribution in [2.45, 2.75) is 64.7 Å². The number of carboxylic acid groups (broad SMARTS) is 1. The fourth-order valence-corrected chi connectivity index (χ4v) is 7.21. The molecule has 0 aliphatic heterocycles. The van der Waals surface area contributed by atoms with E-state index in [4.69, 9.17) is 0 Å². The van der Waals surface area contributed by atoms with Crippen LogP contribution in [0.2, 0.25) is 0 Å². The van der Waals surface area contributed by atoms with Gasteiger partial charge in [0.2, 0.25) is 0 Å². The maximum Gasteiger partial charge on any atom is 0.310 e. The number of carbonyl (C=O) groups is 1. The van der Waals surface area contributed by atoms with E-state index in [0.29, 0.717) is 0 Å². The minimum absolute atomic E-state index is 0.198. The molecule has 19 heavy (non-hydrogen) atoms. The summed E-state index contributed by atoms with van der Waals surface area (Å²) < 4.78 is 0. The Morgan fingerprint density at radius 1 is 1.05 bits per heavy atom. The van der Waals surface area contributed by atoms with Crippen molar-refractivity contribution >= 4 is 5.97 Å². The molecule has 0 bridgehead atoms. The molecule has 1 N–H and O–H groups in total. The van der Waals surface area contributed by atoms with Crippen molar-refractivity contribution in [1.82, 2.24) is 0 Å². The van der Waals surface area contributed by atoms with Gasteiger partial charge >= 0.3 is 5.97 Å². The largest absolute Gasteiger partial charge is 0.481 e. The third-order valence-electron chi connectivity index (χ3n) is 7.73. The molecule has 2 nitrogen and oxygen atoms in total. The number of rotatable bonds is 1. The Hall–Kier alpha value is -0.530. The van der Waals surface area contributed by atoms with Gasteiger partial charge in [0.25, 0.3) is 0 Å². The normalized spacial score (nSPS) is 55.6. The number of hydrogen-bond acceptors (Lipinski definition) is 1. The first-order valence-electron chi connectivity index (χ1n) is 8.35. The SMILES string of the molecule is CC1CCC23C1CCC2(C(=O)O)CC1CCCCC13. The molecule has 1 spiro atoms. The van der Waals surface area contributed by atoms with Crippen molar-refractivity contribution < 1.29 is 9.90 Å². The molecule has 4 aliphatic rings. The lowest BCUT2D eigenvalue weighted by Crippen LogP contribution is -2.44. The smallest absolute Gasteiger partial charge is 0.310 e. The first-order valence-corrected chi connectivity index (χ1v) is 8.35. The molecular formula is C17H26O2. The Morgan fingerprint density at radius 3 is 2.63 bits per heavy atom. The van der Waals surface area contributed by atoms with Crippen LogP contribution in [0.15, 0.2) is 0 Å². The predicted octanol–water partition coefficient (Wildman–Crippen LogP) is 4.09. The highest BCUT2D eigenvalue weighted by molar-refractivity contribution is 5.77. The molecule has 0 heterocycles. The van der Waals surface area contributed by atoms with Crippen LogP contribution in [-0.4, -0.2) is 11.1 Å². The van der Waals surface area contributed by atoms with Gasteiger partial charge in [-0.2, -0.15) is 0 Å². The summed E-state index contributed by atoms with van der Waals surface area (Å²) in [5, 5.41) is 10.0. The second kappa shape index (κ2) is 3.77. The highest BCUT2D eigenvalue weighted by Crippen LogP contribution is 2.77. The van der Waals surface area contributed by atoms with Crippen LogP contribution in [-0.2, 0) is 4.79 Å². The molecule has 0 aromatic heterocycles. The van der Waals surface area contributed by atoms with Crippen LogP contribution < -0.4 is 0 Å². The Bertz CT molecular complexity index is 417. The average Bonchev–Trinajstić information content (AvgIpc) is 2.97. The van der Waals surface area contributed by atoms with E-state index in [9.17, 15) is 9.90 Å². The van der Waals surface area contributed by atoms with Gasteiger partial charge in [-0.3, -0.25) is 4.79 Å². The van der Waals surface area contributed by atoms with Crippen molar-refractivity contribution in [1.29, 1.82) is 0 Å². The fourth-order valence-electron chi connectivity index (χ4n) is 7.21. The van der Waals surface area contributed by atoms with Gasteiger partial charge in [-0.1, -0.05) is 26.2 Å². The Morgan fingerprint density at radius 2 is 1.84 bits per heavy atom. The van der Waals surface area contributed by atoms with Crippen molar-refractivity contribution in [2.24, 2.45) is 34.5 Å². The Kier molecular flexibility index (Phi) is 2.42. The summed E-state index contributed by atoms with van der Waals surface area (Å²) in [5.74, 6) is 2.52. The third kappa shape index (κ3) is 1.22. The van der Waals surface area contributed by atoms with E-state index in [-0.39, 0.29) is 10.8 Å². The second-order valence-corrected chi connectivity index (χ2v) is 7.94. The predicted molar refractivity (Wildman–Crippen MR) is 73.7 cm³/mol. The summed E-state index contributed by atoms with van der Waals surface area (Å²) in [4.78, 5) is 12.2. The lowest BCUT2D eigenvalue weighted by Gasteiger charge is -2.44. The number of aliphatic carboxylic acids is 1. The van der Waals surface area contributed by atoms with Gasteiger partial charge < -0.3 is 5.11 Å². The standard InChI is InChI=1S/C17H26O2/c1-11-6-9-17-13(11)7-8-16(17,15(18)19)10-12-4-2-3-5-14(12)17/h11-14H,2-10H2,1H3,(H,18,19). The maximum absolute atomic E-state index is 12.2. The molecule has 4 fully saturated rings. The van der Waals surface area contributed by atoms with E-state index in [2.05, 4.69) is 6.92 Å². The minimum Gasteiger partial charge on any atom is -0.481 e. The van der Waals surface area contributed by atoms with Crippen LogP contribution in [0.5, 0.6) is 0 Å². The Labute approximate surface area is 116 Å². The van der Waals surface area contributed by atoms with E-state index in [1.54, 1.807) is 0 Å². The molecular weight excluding hydrogens is 236 g/mol. The van der Waals surface area contributed by atoms with Gasteiger partial charge in [0.1, 0.15) is 0 Å². The van der Waals surface area contributed by atoms with E-state index < -0.39 is 5.97 Å². The van der Waals surface area contributed by atoms with Gasteiger partial charge in [0, 0.05) is 0 Å². The molecule has 0 saturated heterocycles. The topological polar surface area (TPSA) is 37.3 Å². The van der Waals surface area contributed by atoms with Crippen molar-refractivity contribution in [2.75, 3.05) is 0 Å². The van der Waals surface area contributed by atoms with Crippen LogP contribution in [0.1, 0.15) is 64.7 Å². The van der Waals surface area contributed by atoms with E-state index in [0.717, 1.165) is 36.5 Å². The molecule has 6 atom stereocenters. The quantitative estimate of drug-likeness (QED) is 0.772. The molecule has 0 radical (unpaired) electrons. The monoisotopic (exact) mass is 262 g/mol. The van der Waals surface area contributed by atoms with Crippen molar-refractivity contribution in [3.63, 3.8) is 0 Å². The lowest BCUT2D eigenvalue weighted by atomic mass is 9.59. The molecule has 4 saturated carbocycles. The van der Waals surface area contributed by atoms with Gasteiger partial charge in [0.05, 0.1) is 5.41 Å². The second-order valence-electron chi connectivity index (χ2n) is 7.94. The zero-order valence-electron chi connectivity index (χ0n) is 12.0. The zero-order chi connectivity index (χ0) is 13.3. The van der Waals surface area contributed by atoms with Crippen LogP contribution in [0.25, 0.3) is 0 Å². The summed E-state index contributed by atoms with van der Waals surface area (Å²) in [6, 6.07) is 0. The lowest BCUT2D eigenvalue weighted by molar-refractivity contribution is -0.156. The minimum atomic E-state index is -0.446. The molecule has 0 aromatic carbocycles.